The van der Waals surface area contributed by atoms with E-state index >= 15 is 0 Å². The molecule has 18 heavy (non-hydrogen) atoms. The van der Waals surface area contributed by atoms with E-state index in [4.69, 9.17) is 5.73 Å². The molecule has 0 saturated heterocycles. The molecule has 1 amide bonds. The van der Waals surface area contributed by atoms with Crippen LogP contribution >= 0.6 is 11.3 Å². The zero-order valence-corrected chi connectivity index (χ0v) is 10.9. The predicted octanol–water partition coefficient (Wildman–Crippen LogP) is 2.09. The van der Waals surface area contributed by atoms with Gasteiger partial charge in [0.05, 0.1) is 5.56 Å². The number of nitrogens with zero attached hydrogens (tertiary/aromatic N) is 1. The number of pyridine rings is 1. The van der Waals surface area contributed by atoms with Crippen molar-refractivity contribution in [2.24, 2.45) is 5.73 Å². The quantitative estimate of drug-likeness (QED) is 0.866. The molecule has 0 unspecified atom stereocenters. The minimum atomic E-state index is -0.377. The monoisotopic (exact) mass is 261 g/mol. The van der Waals surface area contributed by atoms with Crippen molar-refractivity contribution >= 4 is 17.2 Å². The summed E-state index contributed by atoms with van der Waals surface area (Å²) in [6.45, 7) is 2.80. The van der Waals surface area contributed by atoms with Crippen molar-refractivity contribution in [2.75, 3.05) is 0 Å². The van der Waals surface area contributed by atoms with Gasteiger partial charge in [-0.1, -0.05) is 6.07 Å². The zero-order valence-electron chi connectivity index (χ0n) is 10.1. The minimum absolute atomic E-state index is 0.220. The van der Waals surface area contributed by atoms with Gasteiger partial charge in [0.25, 0.3) is 0 Å². The number of nitrogens with two attached hydrogens (primary N) is 1. The highest BCUT2D eigenvalue weighted by atomic mass is 32.1. The molecule has 0 aliphatic rings. The summed E-state index contributed by atoms with van der Waals surface area (Å²) in [5.74, 6) is -0.377. The Bertz CT molecular complexity index is 524. The second-order valence-electron chi connectivity index (χ2n) is 4.05. The van der Waals surface area contributed by atoms with Gasteiger partial charge in [0.2, 0.25) is 5.91 Å². The number of carbonyl (C=O) groups is 1. The Labute approximate surface area is 110 Å². The van der Waals surface area contributed by atoms with Crippen molar-refractivity contribution in [2.45, 2.75) is 19.5 Å². The summed E-state index contributed by atoms with van der Waals surface area (Å²) >= 11 is 1.54. The van der Waals surface area contributed by atoms with E-state index in [1.165, 1.54) is 11.3 Å². The maximum atomic E-state index is 11.0. The lowest BCUT2D eigenvalue weighted by Gasteiger charge is -2.12. The van der Waals surface area contributed by atoms with Crippen LogP contribution in [0.15, 0.2) is 36.0 Å². The summed E-state index contributed by atoms with van der Waals surface area (Å²) in [7, 11) is 0. The summed E-state index contributed by atoms with van der Waals surface area (Å²) in [5.41, 5.74) is 6.93. The van der Waals surface area contributed by atoms with Crippen LogP contribution in [0.3, 0.4) is 0 Å². The molecule has 2 heterocycles. The molecule has 0 spiro atoms. The molecule has 0 aliphatic carbocycles. The van der Waals surface area contributed by atoms with E-state index in [1.807, 2.05) is 24.4 Å². The van der Waals surface area contributed by atoms with Crippen molar-refractivity contribution in [3.63, 3.8) is 0 Å². The average Bonchev–Trinajstić information content (AvgIpc) is 2.86. The molecule has 3 N–H and O–H groups in total. The molecule has 0 aliphatic heterocycles. The van der Waals surface area contributed by atoms with Crippen molar-refractivity contribution in [1.82, 2.24) is 10.3 Å². The highest BCUT2D eigenvalue weighted by Crippen LogP contribution is 2.16. The molecular weight excluding hydrogens is 246 g/mol. The standard InChI is InChI=1S/C13H15N3OS/c1-9(10-3-2-4-15-6-10)16-7-12-5-11(8-18-12)13(14)17/h2-6,8-9,16H,7H2,1H3,(H2,14,17)/t9-/m0/s1. The fourth-order valence-electron chi connectivity index (χ4n) is 1.61. The van der Waals surface area contributed by atoms with Gasteiger partial charge < -0.3 is 11.1 Å². The molecule has 0 bridgehead atoms. The maximum absolute atomic E-state index is 11.0. The van der Waals surface area contributed by atoms with Crippen LogP contribution in [-0.2, 0) is 6.54 Å². The Morgan fingerprint density at radius 1 is 1.61 bits per heavy atom. The van der Waals surface area contributed by atoms with E-state index in [0.29, 0.717) is 12.1 Å². The molecular formula is C13H15N3OS. The fourth-order valence-corrected chi connectivity index (χ4v) is 2.43. The van der Waals surface area contributed by atoms with E-state index in [2.05, 4.69) is 17.2 Å². The van der Waals surface area contributed by atoms with Crippen LogP contribution in [-0.4, -0.2) is 10.9 Å². The number of hydrogen-bond donors (Lipinski definition) is 2. The molecule has 5 heteroatoms. The Balaban J connectivity index is 1.93. The van der Waals surface area contributed by atoms with Crippen LogP contribution in [0, 0.1) is 0 Å². The summed E-state index contributed by atoms with van der Waals surface area (Å²) in [4.78, 5) is 16.2. The van der Waals surface area contributed by atoms with Crippen LogP contribution in [0.2, 0.25) is 0 Å². The number of primary amides is 1. The van der Waals surface area contributed by atoms with Crippen LogP contribution in [0.1, 0.15) is 33.8 Å². The zero-order chi connectivity index (χ0) is 13.0. The number of aromatic nitrogens is 1. The number of rotatable bonds is 5. The Hall–Kier alpha value is -1.72. The van der Waals surface area contributed by atoms with Crippen LogP contribution in [0.25, 0.3) is 0 Å². The van der Waals surface area contributed by atoms with E-state index in [0.717, 1.165) is 10.4 Å². The summed E-state index contributed by atoms with van der Waals surface area (Å²) < 4.78 is 0. The van der Waals surface area contributed by atoms with Gasteiger partial charge in [-0.3, -0.25) is 9.78 Å². The smallest absolute Gasteiger partial charge is 0.249 e. The number of amides is 1. The third-order valence-corrected chi connectivity index (χ3v) is 3.64. The van der Waals surface area contributed by atoms with E-state index < -0.39 is 0 Å². The number of carbonyl (C=O) groups excluding carboxylic acids is 1. The normalized spacial score (nSPS) is 12.3. The molecule has 0 fully saturated rings. The first kappa shape index (κ1) is 12.7. The number of nitrogens with one attached hydrogen (secondary N) is 1. The molecule has 0 radical (unpaired) electrons. The predicted molar refractivity (Wildman–Crippen MR) is 72.3 cm³/mol. The topological polar surface area (TPSA) is 68.0 Å². The highest BCUT2D eigenvalue weighted by Gasteiger charge is 2.07. The van der Waals surface area contributed by atoms with E-state index in [1.54, 1.807) is 11.6 Å². The first-order chi connectivity index (χ1) is 8.66. The molecule has 1 atom stereocenters. The molecule has 0 saturated carbocycles. The molecule has 2 aromatic rings. The minimum Gasteiger partial charge on any atom is -0.366 e. The Morgan fingerprint density at radius 3 is 3.06 bits per heavy atom. The Kier molecular flexibility index (Phi) is 4.07. The van der Waals surface area contributed by atoms with Crippen molar-refractivity contribution in [1.29, 1.82) is 0 Å². The lowest BCUT2D eigenvalue weighted by Crippen LogP contribution is -2.17. The van der Waals surface area contributed by atoms with E-state index in [-0.39, 0.29) is 11.9 Å². The van der Waals surface area contributed by atoms with Gasteiger partial charge in [-0.25, -0.2) is 0 Å². The third kappa shape index (κ3) is 3.15. The lowest BCUT2D eigenvalue weighted by atomic mass is 10.1. The van der Waals surface area contributed by atoms with Crippen LogP contribution in [0.4, 0.5) is 0 Å². The number of thiophene rings is 1. The van der Waals surface area contributed by atoms with Gasteiger partial charge >= 0.3 is 0 Å². The first-order valence-corrected chi connectivity index (χ1v) is 6.55. The number of hydrogen-bond acceptors (Lipinski definition) is 4. The molecule has 0 aromatic carbocycles. The van der Waals surface area contributed by atoms with Gasteiger partial charge in [0.1, 0.15) is 0 Å². The average molecular weight is 261 g/mol. The lowest BCUT2D eigenvalue weighted by molar-refractivity contribution is 0.100. The van der Waals surface area contributed by atoms with Crippen LogP contribution in [0.5, 0.6) is 0 Å². The van der Waals surface area contributed by atoms with E-state index in [9.17, 15) is 4.79 Å². The maximum Gasteiger partial charge on any atom is 0.249 e. The SMILES string of the molecule is C[C@H](NCc1cc(C(N)=O)cs1)c1cccnc1. The largest absolute Gasteiger partial charge is 0.366 e. The van der Waals surface area contributed by atoms with Crippen LogP contribution < -0.4 is 11.1 Å². The first-order valence-electron chi connectivity index (χ1n) is 5.67. The summed E-state index contributed by atoms with van der Waals surface area (Å²) in [6.07, 6.45) is 3.61. The van der Waals surface area contributed by atoms with Gasteiger partial charge in [-0.2, -0.15) is 0 Å². The van der Waals surface area contributed by atoms with Crippen molar-refractivity contribution < 1.29 is 4.79 Å². The third-order valence-electron chi connectivity index (χ3n) is 2.71. The second-order valence-corrected chi connectivity index (χ2v) is 5.05. The van der Waals surface area contributed by atoms with Gasteiger partial charge in [0, 0.05) is 35.2 Å². The van der Waals surface area contributed by atoms with Gasteiger partial charge in [-0.15, -0.1) is 11.3 Å². The molecule has 2 rings (SSSR count). The fraction of sp³-hybridized carbons (Fsp3) is 0.231. The summed E-state index contributed by atoms with van der Waals surface area (Å²) in [6, 6.07) is 6.01. The molecule has 4 nitrogen and oxygen atoms in total. The molecule has 94 valence electrons. The second kappa shape index (κ2) is 5.75. The summed E-state index contributed by atoms with van der Waals surface area (Å²) in [5, 5.41) is 5.17. The highest BCUT2D eigenvalue weighted by molar-refractivity contribution is 7.10. The van der Waals surface area contributed by atoms with Gasteiger partial charge in [-0.05, 0) is 24.6 Å². The van der Waals surface area contributed by atoms with Gasteiger partial charge in [0.15, 0.2) is 0 Å². The Morgan fingerprint density at radius 2 is 2.44 bits per heavy atom. The van der Waals surface area contributed by atoms with Crippen molar-refractivity contribution in [3.8, 4) is 0 Å². The van der Waals surface area contributed by atoms with Crippen molar-refractivity contribution in [3.05, 3.63) is 52.0 Å². The molecule has 2 aromatic heterocycles.